The predicted octanol–water partition coefficient (Wildman–Crippen LogP) is 1.83. The molecule has 0 amide bonds. The number of hydrogen-bond acceptors (Lipinski definition) is 3. The van der Waals surface area contributed by atoms with E-state index in [1.807, 2.05) is 36.1 Å². The van der Waals surface area contributed by atoms with Gasteiger partial charge in [-0.05, 0) is 31.9 Å². The molecular formula is C15H21NO3. The van der Waals surface area contributed by atoms with Gasteiger partial charge in [-0.15, -0.1) is 0 Å². The molecule has 0 radical (unpaired) electrons. The SMILES string of the molecule is Cc1ccc(C(O)CN2CCCC(C(=O)O)C2)cc1. The van der Waals surface area contributed by atoms with Crippen molar-refractivity contribution in [2.75, 3.05) is 19.6 Å². The number of carboxylic acids is 1. The number of rotatable bonds is 4. The van der Waals surface area contributed by atoms with Crippen molar-refractivity contribution in [3.05, 3.63) is 35.4 Å². The zero-order valence-electron chi connectivity index (χ0n) is 11.2. The molecule has 4 nitrogen and oxygen atoms in total. The monoisotopic (exact) mass is 263 g/mol. The summed E-state index contributed by atoms with van der Waals surface area (Å²) < 4.78 is 0. The van der Waals surface area contributed by atoms with Gasteiger partial charge in [-0.2, -0.15) is 0 Å². The molecule has 1 heterocycles. The van der Waals surface area contributed by atoms with Crippen LogP contribution in [0, 0.1) is 12.8 Å². The van der Waals surface area contributed by atoms with Crippen LogP contribution in [-0.2, 0) is 4.79 Å². The van der Waals surface area contributed by atoms with E-state index < -0.39 is 12.1 Å². The summed E-state index contributed by atoms with van der Waals surface area (Å²) in [5.74, 6) is -1.02. The van der Waals surface area contributed by atoms with Crippen molar-refractivity contribution in [2.45, 2.75) is 25.9 Å². The minimum atomic E-state index is -0.727. The van der Waals surface area contributed by atoms with Crippen molar-refractivity contribution in [2.24, 2.45) is 5.92 Å². The second-order valence-corrected chi connectivity index (χ2v) is 5.36. The van der Waals surface area contributed by atoms with Gasteiger partial charge in [-0.25, -0.2) is 0 Å². The normalized spacial score (nSPS) is 22.1. The zero-order valence-corrected chi connectivity index (χ0v) is 11.2. The summed E-state index contributed by atoms with van der Waals surface area (Å²) in [5, 5.41) is 19.2. The van der Waals surface area contributed by atoms with E-state index in [0.29, 0.717) is 13.1 Å². The Hall–Kier alpha value is -1.39. The number of likely N-dealkylation sites (tertiary alicyclic amines) is 1. The van der Waals surface area contributed by atoms with Gasteiger partial charge in [0.05, 0.1) is 12.0 Å². The summed E-state index contributed by atoms with van der Waals surface area (Å²) >= 11 is 0. The number of carbonyl (C=O) groups is 1. The number of aliphatic hydroxyl groups excluding tert-OH is 1. The van der Waals surface area contributed by atoms with Gasteiger partial charge in [0, 0.05) is 13.1 Å². The first kappa shape index (κ1) is 14.0. The summed E-state index contributed by atoms with van der Waals surface area (Å²) in [4.78, 5) is 13.1. The van der Waals surface area contributed by atoms with Crippen LogP contribution in [0.3, 0.4) is 0 Å². The zero-order chi connectivity index (χ0) is 13.8. The predicted molar refractivity (Wildman–Crippen MR) is 72.9 cm³/mol. The third-order valence-electron chi connectivity index (χ3n) is 3.75. The van der Waals surface area contributed by atoms with E-state index in [1.54, 1.807) is 0 Å². The summed E-state index contributed by atoms with van der Waals surface area (Å²) in [6.45, 7) is 3.93. The highest BCUT2D eigenvalue weighted by atomic mass is 16.4. The van der Waals surface area contributed by atoms with Crippen LogP contribution in [0.5, 0.6) is 0 Å². The smallest absolute Gasteiger partial charge is 0.307 e. The van der Waals surface area contributed by atoms with Gasteiger partial charge >= 0.3 is 5.97 Å². The average Bonchev–Trinajstić information content (AvgIpc) is 2.39. The average molecular weight is 263 g/mol. The van der Waals surface area contributed by atoms with Crippen molar-refractivity contribution in [3.63, 3.8) is 0 Å². The molecule has 2 unspecified atom stereocenters. The fraction of sp³-hybridized carbons (Fsp3) is 0.533. The van der Waals surface area contributed by atoms with Crippen LogP contribution in [-0.4, -0.2) is 40.7 Å². The van der Waals surface area contributed by atoms with Gasteiger partial charge < -0.3 is 10.2 Å². The number of hydrogen-bond donors (Lipinski definition) is 2. The Morgan fingerprint density at radius 1 is 1.42 bits per heavy atom. The maximum absolute atomic E-state index is 11.0. The van der Waals surface area contributed by atoms with Crippen molar-refractivity contribution in [1.29, 1.82) is 0 Å². The molecule has 1 aliphatic heterocycles. The molecule has 1 fully saturated rings. The molecule has 0 aromatic heterocycles. The molecule has 1 aliphatic rings. The van der Waals surface area contributed by atoms with Crippen LogP contribution in [0.2, 0.25) is 0 Å². The first-order valence-electron chi connectivity index (χ1n) is 6.76. The van der Waals surface area contributed by atoms with Crippen LogP contribution in [0.25, 0.3) is 0 Å². The fourth-order valence-electron chi connectivity index (χ4n) is 2.56. The Morgan fingerprint density at radius 2 is 2.11 bits per heavy atom. The first-order chi connectivity index (χ1) is 9.06. The summed E-state index contributed by atoms with van der Waals surface area (Å²) in [6, 6.07) is 7.82. The first-order valence-corrected chi connectivity index (χ1v) is 6.76. The van der Waals surface area contributed by atoms with E-state index >= 15 is 0 Å². The minimum absolute atomic E-state index is 0.293. The second-order valence-electron chi connectivity index (χ2n) is 5.36. The Bertz CT molecular complexity index is 430. The lowest BCUT2D eigenvalue weighted by molar-refractivity contribution is -0.143. The highest BCUT2D eigenvalue weighted by Crippen LogP contribution is 2.21. The van der Waals surface area contributed by atoms with Crippen LogP contribution in [0.4, 0.5) is 0 Å². The van der Waals surface area contributed by atoms with E-state index in [-0.39, 0.29) is 5.92 Å². The minimum Gasteiger partial charge on any atom is -0.481 e. The van der Waals surface area contributed by atoms with Gasteiger partial charge in [0.15, 0.2) is 0 Å². The second kappa shape index (κ2) is 6.17. The van der Waals surface area contributed by atoms with Gasteiger partial charge in [-0.1, -0.05) is 29.8 Å². The number of piperidine rings is 1. The third-order valence-corrected chi connectivity index (χ3v) is 3.75. The molecule has 2 atom stereocenters. The number of β-amino-alcohol motifs (C(OH)–C–C–N with tert-alkyl or cyclic N) is 1. The molecule has 0 aliphatic carbocycles. The molecule has 0 saturated carbocycles. The summed E-state index contributed by atoms with van der Waals surface area (Å²) in [7, 11) is 0. The summed E-state index contributed by atoms with van der Waals surface area (Å²) in [6.07, 6.45) is 1.08. The molecule has 0 bridgehead atoms. The Kier molecular flexibility index (Phi) is 4.56. The molecule has 19 heavy (non-hydrogen) atoms. The van der Waals surface area contributed by atoms with Crippen LogP contribution >= 0.6 is 0 Å². The molecule has 2 rings (SSSR count). The van der Waals surface area contributed by atoms with Crippen molar-refractivity contribution < 1.29 is 15.0 Å². The van der Waals surface area contributed by atoms with E-state index in [1.165, 1.54) is 5.56 Å². The van der Waals surface area contributed by atoms with Crippen LogP contribution < -0.4 is 0 Å². The fourth-order valence-corrected chi connectivity index (χ4v) is 2.56. The quantitative estimate of drug-likeness (QED) is 0.870. The van der Waals surface area contributed by atoms with E-state index in [4.69, 9.17) is 5.11 Å². The number of aliphatic hydroxyl groups is 1. The topological polar surface area (TPSA) is 60.8 Å². The molecule has 1 saturated heterocycles. The van der Waals surface area contributed by atoms with Crippen LogP contribution in [0.15, 0.2) is 24.3 Å². The molecule has 104 valence electrons. The third kappa shape index (κ3) is 3.78. The lowest BCUT2D eigenvalue weighted by atomic mass is 9.97. The van der Waals surface area contributed by atoms with Crippen molar-refractivity contribution in [1.82, 2.24) is 4.90 Å². The molecule has 1 aromatic rings. The lowest BCUT2D eigenvalue weighted by Crippen LogP contribution is -2.40. The van der Waals surface area contributed by atoms with Gasteiger partial charge in [-0.3, -0.25) is 9.69 Å². The van der Waals surface area contributed by atoms with E-state index in [2.05, 4.69) is 0 Å². The number of benzene rings is 1. The number of carboxylic acid groups (broad SMARTS) is 1. The lowest BCUT2D eigenvalue weighted by Gasteiger charge is -2.32. The highest BCUT2D eigenvalue weighted by molar-refractivity contribution is 5.70. The van der Waals surface area contributed by atoms with E-state index in [0.717, 1.165) is 24.9 Å². The molecule has 0 spiro atoms. The maximum atomic E-state index is 11.0. The molecule has 1 aromatic carbocycles. The molecular weight excluding hydrogens is 242 g/mol. The van der Waals surface area contributed by atoms with E-state index in [9.17, 15) is 9.90 Å². The van der Waals surface area contributed by atoms with Gasteiger partial charge in [0.1, 0.15) is 0 Å². The Morgan fingerprint density at radius 3 is 2.74 bits per heavy atom. The Balaban J connectivity index is 1.93. The number of aliphatic carboxylic acids is 1. The van der Waals surface area contributed by atoms with Gasteiger partial charge in [0.25, 0.3) is 0 Å². The Labute approximate surface area is 113 Å². The number of nitrogens with zero attached hydrogens (tertiary/aromatic N) is 1. The van der Waals surface area contributed by atoms with Crippen molar-refractivity contribution in [3.8, 4) is 0 Å². The van der Waals surface area contributed by atoms with Crippen molar-refractivity contribution >= 4 is 5.97 Å². The highest BCUT2D eigenvalue weighted by Gasteiger charge is 2.26. The summed E-state index contributed by atoms with van der Waals surface area (Å²) in [5.41, 5.74) is 2.06. The standard InChI is InChI=1S/C15H21NO3/c1-11-4-6-12(7-5-11)14(17)10-16-8-2-3-13(9-16)15(18)19/h4-7,13-14,17H,2-3,8-10H2,1H3,(H,18,19). The molecule has 4 heteroatoms. The van der Waals surface area contributed by atoms with Gasteiger partial charge in [0.2, 0.25) is 0 Å². The van der Waals surface area contributed by atoms with Crippen LogP contribution in [0.1, 0.15) is 30.1 Å². The maximum Gasteiger partial charge on any atom is 0.307 e. The molecule has 2 N–H and O–H groups in total. The largest absolute Gasteiger partial charge is 0.481 e. The number of aryl methyl sites for hydroxylation is 1.